The molecule has 3 aliphatic heterocycles. The highest BCUT2D eigenvalue weighted by atomic mass is 19.4. The van der Waals surface area contributed by atoms with E-state index in [1.165, 1.54) is 11.0 Å². The lowest BCUT2D eigenvalue weighted by Crippen LogP contribution is -2.53. The van der Waals surface area contributed by atoms with Crippen molar-refractivity contribution < 1.29 is 55.4 Å². The van der Waals surface area contributed by atoms with Crippen LogP contribution in [0.2, 0.25) is 0 Å². The number of nitrogens with zero attached hydrogens (tertiary/aromatic N) is 5. The number of nitrogens with one attached hydrogen (secondary N) is 3. The summed E-state index contributed by atoms with van der Waals surface area (Å²) in [5, 5.41) is 24.1. The fourth-order valence-electron chi connectivity index (χ4n) is 10.7. The third-order valence-electron chi connectivity index (χ3n) is 13.9. The maximum Gasteiger partial charge on any atom is 0.573 e. The number of benzene rings is 2. The molecule has 4 aromatic rings. The Morgan fingerprint density at radius 1 is 0.923 bits per heavy atom. The number of alkyl halides is 6. The highest BCUT2D eigenvalue weighted by Gasteiger charge is 2.47. The molecule has 65 heavy (non-hydrogen) atoms. The van der Waals surface area contributed by atoms with Crippen molar-refractivity contribution in [2.75, 3.05) is 36.8 Å². The number of rotatable bonds is 11. The number of anilines is 2. The van der Waals surface area contributed by atoms with Gasteiger partial charge in [-0.3, -0.25) is 34.1 Å². The van der Waals surface area contributed by atoms with Gasteiger partial charge >= 0.3 is 12.5 Å². The van der Waals surface area contributed by atoms with Gasteiger partial charge in [-0.15, -0.1) is 13.2 Å². The number of carbonyl (C=O) groups excluding carboxylic acids is 4. The topological polar surface area (TPSA) is 171 Å². The number of aliphatic hydroxyl groups excluding tert-OH is 1. The van der Waals surface area contributed by atoms with Gasteiger partial charge in [0.2, 0.25) is 11.8 Å². The third kappa shape index (κ3) is 9.37. The highest BCUT2D eigenvalue weighted by Crippen LogP contribution is 2.54. The Balaban J connectivity index is 0.733. The van der Waals surface area contributed by atoms with Crippen LogP contribution < -0.4 is 20.7 Å². The first-order valence-electron chi connectivity index (χ1n) is 22.0. The predicted molar refractivity (Wildman–Crippen MR) is 222 cm³/mol. The summed E-state index contributed by atoms with van der Waals surface area (Å²) >= 11 is 0. The fraction of sp³-hybridized carbons (Fsp3) is 0.511. The van der Waals surface area contributed by atoms with E-state index in [1.54, 1.807) is 23.0 Å². The number of imide groups is 1. The second-order valence-corrected chi connectivity index (χ2v) is 18.2. The largest absolute Gasteiger partial charge is 0.573 e. The molecule has 14 nitrogen and oxygen atoms in total. The second kappa shape index (κ2) is 17.2. The Labute approximate surface area is 369 Å². The molecule has 4 amide bonds. The first-order chi connectivity index (χ1) is 30.9. The molecule has 0 radical (unpaired) electrons. The van der Waals surface area contributed by atoms with Crippen molar-refractivity contribution in [3.63, 3.8) is 0 Å². The van der Waals surface area contributed by atoms with Crippen LogP contribution in [-0.4, -0.2) is 91.9 Å². The zero-order chi connectivity index (χ0) is 45.8. The number of hydrogen-bond acceptors (Lipinski definition) is 10. The van der Waals surface area contributed by atoms with Crippen molar-refractivity contribution in [2.45, 2.75) is 101 Å². The molecule has 4 fully saturated rings. The summed E-state index contributed by atoms with van der Waals surface area (Å²) < 4.78 is 85.7. The molecule has 2 atom stereocenters. The zero-order valence-corrected chi connectivity index (χ0v) is 35.2. The van der Waals surface area contributed by atoms with Crippen molar-refractivity contribution in [2.24, 2.45) is 17.3 Å². The molecular weight excluding hydrogens is 863 g/mol. The molecule has 2 saturated carbocycles. The maximum absolute atomic E-state index is 13.4. The summed E-state index contributed by atoms with van der Waals surface area (Å²) in [5.74, 6) is -2.23. The van der Waals surface area contributed by atoms with Gasteiger partial charge in [-0.25, -0.2) is 4.98 Å². The number of aromatic nitrogens is 3. The molecule has 2 aliphatic carbocycles. The van der Waals surface area contributed by atoms with E-state index in [0.717, 1.165) is 95.6 Å². The zero-order valence-electron chi connectivity index (χ0n) is 35.2. The van der Waals surface area contributed by atoms with Gasteiger partial charge in [0, 0.05) is 54.0 Å². The minimum Gasteiger partial charge on any atom is -0.403 e. The number of pyridine rings is 1. The van der Waals surface area contributed by atoms with Gasteiger partial charge in [-0.05, 0) is 125 Å². The monoisotopic (exact) mass is 910 g/mol. The molecule has 5 aliphatic rings. The smallest absolute Gasteiger partial charge is 0.403 e. The molecule has 2 aromatic carbocycles. The minimum absolute atomic E-state index is 0.00639. The Kier molecular flexibility index (Phi) is 11.8. The van der Waals surface area contributed by atoms with Gasteiger partial charge in [0.15, 0.2) is 12.0 Å². The quantitative estimate of drug-likeness (QED) is 0.0869. The molecule has 1 spiro atoms. The van der Waals surface area contributed by atoms with E-state index >= 15 is 0 Å². The SMILES string of the molecule is O=C1CCC(N2C(=O)c3cccc(NCCC4CC5(CCN(C[C@H]6CC[C@H](n7cc8cc(NC(=O)c9cccc(C(F)(F)F)n9)c(OC(F)(F)F)cc8n7)CC6)CC5)C4)c3C2O)C(=O)N1. The van der Waals surface area contributed by atoms with Gasteiger partial charge in [-0.2, -0.15) is 18.3 Å². The van der Waals surface area contributed by atoms with Gasteiger partial charge in [0.05, 0.1) is 17.2 Å². The van der Waals surface area contributed by atoms with E-state index in [-0.39, 0.29) is 24.4 Å². The van der Waals surface area contributed by atoms with Gasteiger partial charge in [0.1, 0.15) is 17.4 Å². The number of halogens is 6. The van der Waals surface area contributed by atoms with Crippen LogP contribution in [0.5, 0.6) is 5.75 Å². The lowest BCUT2D eigenvalue weighted by molar-refractivity contribution is -0.274. The first-order valence-corrected chi connectivity index (χ1v) is 22.0. The summed E-state index contributed by atoms with van der Waals surface area (Å²) in [6, 6.07) is 9.33. The van der Waals surface area contributed by atoms with Gasteiger partial charge in [0.25, 0.3) is 11.8 Å². The Morgan fingerprint density at radius 3 is 2.37 bits per heavy atom. The van der Waals surface area contributed by atoms with Crippen LogP contribution in [0.15, 0.2) is 54.7 Å². The lowest BCUT2D eigenvalue weighted by atomic mass is 9.57. The number of aliphatic hydroxyl groups is 1. The van der Waals surface area contributed by atoms with Crippen LogP contribution >= 0.6 is 0 Å². The summed E-state index contributed by atoms with van der Waals surface area (Å²) in [6.07, 6.45) is -0.172. The number of hydrogen-bond donors (Lipinski definition) is 4. The van der Waals surface area contributed by atoms with Crippen LogP contribution in [0.4, 0.5) is 37.7 Å². The van der Waals surface area contributed by atoms with E-state index in [9.17, 15) is 50.6 Å². The number of amides is 4. The van der Waals surface area contributed by atoms with Gasteiger partial charge in [-0.1, -0.05) is 12.1 Å². The Hall–Kier alpha value is -5.76. The van der Waals surface area contributed by atoms with Crippen molar-refractivity contribution >= 4 is 45.9 Å². The Bertz CT molecular complexity index is 2490. The van der Waals surface area contributed by atoms with Crippen LogP contribution in [0.1, 0.15) is 115 Å². The average molecular weight is 911 g/mol. The summed E-state index contributed by atoms with van der Waals surface area (Å²) in [7, 11) is 0. The molecule has 5 heterocycles. The average Bonchev–Trinajstić information content (AvgIpc) is 3.77. The van der Waals surface area contributed by atoms with Crippen LogP contribution in [0.3, 0.4) is 0 Å². The van der Waals surface area contributed by atoms with Crippen molar-refractivity contribution in [3.8, 4) is 5.75 Å². The summed E-state index contributed by atoms with van der Waals surface area (Å²) in [5.41, 5.74) is -0.318. The minimum atomic E-state index is -5.12. The molecule has 346 valence electrons. The Morgan fingerprint density at radius 2 is 1.66 bits per heavy atom. The summed E-state index contributed by atoms with van der Waals surface area (Å²) in [6.45, 7) is 3.74. The number of likely N-dealkylation sites (tertiary alicyclic amines) is 1. The third-order valence-corrected chi connectivity index (χ3v) is 13.9. The normalized spacial score (nSPS) is 23.9. The fourth-order valence-corrected chi connectivity index (χ4v) is 10.7. The molecule has 9 rings (SSSR count). The molecular formula is C45H48F6N8O6. The maximum atomic E-state index is 13.4. The second-order valence-electron chi connectivity index (χ2n) is 18.2. The number of fused-ring (bicyclic) bond motifs is 2. The number of carbonyl (C=O) groups is 4. The summed E-state index contributed by atoms with van der Waals surface area (Å²) in [4.78, 5) is 57.4. The predicted octanol–water partition coefficient (Wildman–Crippen LogP) is 7.58. The van der Waals surface area contributed by atoms with E-state index in [4.69, 9.17) is 0 Å². The molecule has 2 unspecified atom stereocenters. The molecule has 20 heteroatoms. The highest BCUT2D eigenvalue weighted by molar-refractivity contribution is 6.07. The van der Waals surface area contributed by atoms with Crippen LogP contribution in [0, 0.1) is 17.3 Å². The van der Waals surface area contributed by atoms with Crippen molar-refractivity contribution in [3.05, 3.63) is 77.2 Å². The lowest BCUT2D eigenvalue weighted by Gasteiger charge is -2.53. The molecule has 2 saturated heterocycles. The van der Waals surface area contributed by atoms with Crippen molar-refractivity contribution in [1.82, 2.24) is 29.9 Å². The van der Waals surface area contributed by atoms with Crippen LogP contribution in [0.25, 0.3) is 10.9 Å². The van der Waals surface area contributed by atoms with E-state index < -0.39 is 71.3 Å². The van der Waals surface area contributed by atoms with Crippen molar-refractivity contribution in [1.29, 1.82) is 0 Å². The van der Waals surface area contributed by atoms with E-state index in [0.29, 0.717) is 52.1 Å². The molecule has 4 N–H and O–H groups in total. The number of piperidine rings is 2. The first kappa shape index (κ1) is 44.4. The van der Waals surface area contributed by atoms with Crippen LogP contribution in [-0.2, 0) is 15.8 Å². The standard InChI is InChI=1S/C45H48F6N8O6/c46-44(47,48)36-6-2-5-31(53-36)39(61)54-33-19-27-24-58(56-32(27)20-35(33)65-45(49,50)51)28-9-7-25(8-10-28)23-57-17-14-43(15-18-57)21-26(22-43)13-16-52-30-4-1-3-29-38(30)42(64)59(41(29)63)34-11-12-37(60)55-40(34)62/h1-6,19-20,24-26,28,34,42,52,64H,7-18,21-23H2,(H,54,61)(H,55,60,62)/t25-,28-,34?,42?. The van der Waals surface area contributed by atoms with E-state index in [2.05, 4.69) is 35.7 Å². The van der Waals surface area contributed by atoms with E-state index in [1.807, 2.05) is 6.07 Å². The molecule has 0 bridgehead atoms. The molecule has 2 aromatic heterocycles. The van der Waals surface area contributed by atoms with Gasteiger partial charge < -0.3 is 25.4 Å². The number of ether oxygens (including phenoxy) is 1.